The Morgan fingerprint density at radius 1 is 1.53 bits per heavy atom. The molecule has 1 aromatic rings. The number of Topliss-reactive ketones (excluding diaryl/α,β-unsaturated/α-hetero) is 1. The topological polar surface area (TPSA) is 37.3 Å². The molecule has 0 unspecified atom stereocenters. The van der Waals surface area contributed by atoms with E-state index >= 15 is 0 Å². The van der Waals surface area contributed by atoms with Crippen LogP contribution in [0.15, 0.2) is 12.1 Å². The minimum Gasteiger partial charge on any atom is -0.392 e. The first-order chi connectivity index (χ1) is 7.13. The highest BCUT2D eigenvalue weighted by Gasteiger charge is 2.31. The van der Waals surface area contributed by atoms with Crippen LogP contribution in [0.2, 0.25) is 5.02 Å². The lowest BCUT2D eigenvalue weighted by Crippen LogP contribution is -2.06. The lowest BCUT2D eigenvalue weighted by Gasteiger charge is -2.08. The lowest BCUT2D eigenvalue weighted by molar-refractivity contribution is 0.0964. The van der Waals surface area contributed by atoms with Gasteiger partial charge in [-0.1, -0.05) is 17.7 Å². The summed E-state index contributed by atoms with van der Waals surface area (Å²) >= 11 is 5.98. The van der Waals surface area contributed by atoms with Crippen LogP contribution in [0.4, 0.5) is 0 Å². The fourth-order valence-corrected chi connectivity index (χ4v) is 1.83. The van der Waals surface area contributed by atoms with E-state index in [-0.39, 0.29) is 18.3 Å². The monoisotopic (exact) mass is 224 g/mol. The van der Waals surface area contributed by atoms with E-state index in [4.69, 9.17) is 11.6 Å². The number of carbonyl (C=O) groups excluding carboxylic acids is 1. The normalized spacial score (nSPS) is 15.4. The number of aliphatic hydroxyl groups is 1. The van der Waals surface area contributed by atoms with E-state index in [1.165, 1.54) is 0 Å². The van der Waals surface area contributed by atoms with Crippen LogP contribution < -0.4 is 0 Å². The molecule has 0 aromatic heterocycles. The molecule has 2 nitrogen and oxygen atoms in total. The fraction of sp³-hybridized carbons (Fsp3) is 0.417. The molecule has 1 aliphatic carbocycles. The summed E-state index contributed by atoms with van der Waals surface area (Å²) < 4.78 is 0. The van der Waals surface area contributed by atoms with E-state index in [9.17, 15) is 9.90 Å². The summed E-state index contributed by atoms with van der Waals surface area (Å²) in [6, 6.07) is 3.47. The van der Waals surface area contributed by atoms with E-state index in [1.807, 2.05) is 6.92 Å². The highest BCUT2D eigenvalue weighted by molar-refractivity contribution is 6.31. The van der Waals surface area contributed by atoms with Gasteiger partial charge >= 0.3 is 0 Å². The number of halogens is 1. The van der Waals surface area contributed by atoms with Crippen molar-refractivity contribution in [1.29, 1.82) is 0 Å². The van der Waals surface area contributed by atoms with Crippen LogP contribution >= 0.6 is 11.6 Å². The first-order valence-corrected chi connectivity index (χ1v) is 5.45. The number of carbonyl (C=O) groups is 1. The number of benzene rings is 1. The molecular formula is C12H13ClO2. The molecule has 0 atom stereocenters. The highest BCUT2D eigenvalue weighted by atomic mass is 35.5. The maximum absolute atomic E-state index is 11.9. The first kappa shape index (κ1) is 10.7. The molecular weight excluding hydrogens is 212 g/mol. The molecule has 0 amide bonds. The van der Waals surface area contributed by atoms with E-state index in [2.05, 4.69) is 0 Å². The summed E-state index contributed by atoms with van der Waals surface area (Å²) in [4.78, 5) is 11.9. The van der Waals surface area contributed by atoms with Crippen molar-refractivity contribution in [1.82, 2.24) is 0 Å². The predicted molar refractivity (Wildman–Crippen MR) is 59.2 cm³/mol. The summed E-state index contributed by atoms with van der Waals surface area (Å²) in [5.74, 6) is 0.287. The maximum Gasteiger partial charge on any atom is 0.166 e. The Morgan fingerprint density at radius 3 is 2.73 bits per heavy atom. The van der Waals surface area contributed by atoms with Gasteiger partial charge in [0, 0.05) is 16.5 Å². The van der Waals surface area contributed by atoms with Gasteiger partial charge in [0.2, 0.25) is 0 Å². The number of hydrogen-bond donors (Lipinski definition) is 1. The Hall–Kier alpha value is -0.860. The quantitative estimate of drug-likeness (QED) is 0.802. The zero-order chi connectivity index (χ0) is 11.0. The molecule has 80 valence electrons. The van der Waals surface area contributed by atoms with E-state index in [1.54, 1.807) is 12.1 Å². The zero-order valence-electron chi connectivity index (χ0n) is 8.59. The van der Waals surface area contributed by atoms with Crippen molar-refractivity contribution in [3.05, 3.63) is 33.8 Å². The van der Waals surface area contributed by atoms with E-state index < -0.39 is 0 Å². The van der Waals surface area contributed by atoms with Gasteiger partial charge in [0.05, 0.1) is 6.61 Å². The van der Waals surface area contributed by atoms with Crippen molar-refractivity contribution >= 4 is 17.4 Å². The van der Waals surface area contributed by atoms with Crippen molar-refractivity contribution in [3.63, 3.8) is 0 Å². The van der Waals surface area contributed by atoms with Crippen LogP contribution in [0.25, 0.3) is 0 Å². The molecule has 0 radical (unpaired) electrons. The largest absolute Gasteiger partial charge is 0.392 e. The first-order valence-electron chi connectivity index (χ1n) is 5.07. The molecule has 1 aliphatic rings. The van der Waals surface area contributed by atoms with Crippen LogP contribution in [0.1, 0.15) is 34.3 Å². The van der Waals surface area contributed by atoms with Gasteiger partial charge < -0.3 is 5.11 Å². The number of ketones is 1. The van der Waals surface area contributed by atoms with Gasteiger partial charge in [0.25, 0.3) is 0 Å². The molecule has 2 rings (SSSR count). The third-order valence-electron chi connectivity index (χ3n) is 2.77. The summed E-state index contributed by atoms with van der Waals surface area (Å²) in [7, 11) is 0. The van der Waals surface area contributed by atoms with E-state index in [0.29, 0.717) is 16.1 Å². The average Bonchev–Trinajstić information content (AvgIpc) is 3.04. The molecule has 1 fully saturated rings. The Labute approximate surface area is 93.9 Å². The van der Waals surface area contributed by atoms with Crippen molar-refractivity contribution in [2.45, 2.75) is 26.4 Å². The summed E-state index contributed by atoms with van der Waals surface area (Å²) in [6.07, 6.45) is 1.93. The molecule has 1 saturated carbocycles. The highest BCUT2D eigenvalue weighted by Crippen LogP contribution is 2.34. The van der Waals surface area contributed by atoms with Crippen LogP contribution in [0, 0.1) is 12.8 Å². The molecule has 0 bridgehead atoms. The minimum absolute atomic E-state index is 0.105. The van der Waals surface area contributed by atoms with Crippen LogP contribution in [-0.2, 0) is 6.61 Å². The lowest BCUT2D eigenvalue weighted by atomic mass is 9.99. The van der Waals surface area contributed by atoms with Gasteiger partial charge in [0.1, 0.15) is 0 Å². The number of aryl methyl sites for hydroxylation is 1. The average molecular weight is 225 g/mol. The molecule has 15 heavy (non-hydrogen) atoms. The van der Waals surface area contributed by atoms with Gasteiger partial charge in [-0.05, 0) is 37.0 Å². The zero-order valence-corrected chi connectivity index (χ0v) is 9.34. The van der Waals surface area contributed by atoms with Crippen molar-refractivity contribution in [2.75, 3.05) is 0 Å². The number of hydrogen-bond acceptors (Lipinski definition) is 2. The SMILES string of the molecule is Cc1cc(CO)c(C(=O)C2CC2)cc1Cl. The third kappa shape index (κ3) is 2.06. The van der Waals surface area contributed by atoms with E-state index in [0.717, 1.165) is 18.4 Å². The summed E-state index contributed by atoms with van der Waals surface area (Å²) in [5, 5.41) is 9.78. The smallest absolute Gasteiger partial charge is 0.166 e. The van der Waals surface area contributed by atoms with Gasteiger partial charge in [-0.15, -0.1) is 0 Å². The van der Waals surface area contributed by atoms with Gasteiger partial charge in [-0.2, -0.15) is 0 Å². The van der Waals surface area contributed by atoms with Crippen LogP contribution in [0.5, 0.6) is 0 Å². The second-order valence-corrected chi connectivity index (χ2v) is 4.46. The molecule has 0 heterocycles. The summed E-state index contributed by atoms with van der Waals surface area (Å²) in [5.41, 5.74) is 2.18. The second-order valence-electron chi connectivity index (χ2n) is 4.06. The maximum atomic E-state index is 11.9. The number of aliphatic hydroxyl groups excluding tert-OH is 1. The van der Waals surface area contributed by atoms with Crippen molar-refractivity contribution in [3.8, 4) is 0 Å². The molecule has 1 N–H and O–H groups in total. The standard InChI is InChI=1S/C12H13ClO2/c1-7-4-9(6-14)10(5-11(7)13)12(15)8-2-3-8/h4-5,8,14H,2-3,6H2,1H3. The summed E-state index contributed by atoms with van der Waals surface area (Å²) in [6.45, 7) is 1.76. The second kappa shape index (κ2) is 3.95. The van der Waals surface area contributed by atoms with Crippen LogP contribution in [-0.4, -0.2) is 10.9 Å². The van der Waals surface area contributed by atoms with Crippen molar-refractivity contribution < 1.29 is 9.90 Å². The predicted octanol–water partition coefficient (Wildman–Crippen LogP) is 2.73. The Morgan fingerprint density at radius 2 is 2.20 bits per heavy atom. The molecule has 0 saturated heterocycles. The Kier molecular flexibility index (Phi) is 2.81. The molecule has 1 aromatic carbocycles. The minimum atomic E-state index is -0.105. The third-order valence-corrected chi connectivity index (χ3v) is 3.18. The van der Waals surface area contributed by atoms with Crippen LogP contribution in [0.3, 0.4) is 0 Å². The van der Waals surface area contributed by atoms with Gasteiger partial charge in [0.15, 0.2) is 5.78 Å². The number of rotatable bonds is 3. The fourth-order valence-electron chi connectivity index (χ4n) is 1.67. The van der Waals surface area contributed by atoms with Gasteiger partial charge in [-0.3, -0.25) is 4.79 Å². The van der Waals surface area contributed by atoms with Gasteiger partial charge in [-0.25, -0.2) is 0 Å². The Balaban J connectivity index is 2.43. The molecule has 3 heteroatoms. The molecule has 0 spiro atoms. The Bertz CT molecular complexity index is 408. The van der Waals surface area contributed by atoms with Crippen molar-refractivity contribution in [2.24, 2.45) is 5.92 Å². The molecule has 0 aliphatic heterocycles.